The number of rotatable bonds is 4. The van der Waals surface area contributed by atoms with Crippen LogP contribution in [0.3, 0.4) is 0 Å². The lowest BCUT2D eigenvalue weighted by atomic mass is 10.2. The summed E-state index contributed by atoms with van der Waals surface area (Å²) in [7, 11) is 2.16. The van der Waals surface area contributed by atoms with E-state index in [1.54, 1.807) is 0 Å². The lowest BCUT2D eigenvalue weighted by Crippen LogP contribution is -2.44. The topological polar surface area (TPSA) is 26.7 Å². The van der Waals surface area contributed by atoms with Gasteiger partial charge >= 0.3 is 0 Å². The van der Waals surface area contributed by atoms with Crippen LogP contribution >= 0.6 is 0 Å². The second kappa shape index (κ2) is 5.37. The smallest absolute Gasteiger partial charge is 0.0639 e. The van der Waals surface area contributed by atoms with Crippen LogP contribution in [0.1, 0.15) is 6.42 Å². The highest BCUT2D eigenvalue weighted by atomic mass is 16.3. The molecule has 0 saturated carbocycles. The molecule has 1 saturated heterocycles. The summed E-state index contributed by atoms with van der Waals surface area (Å²) in [6.45, 7) is 9.58. The second-order valence-electron chi connectivity index (χ2n) is 3.80. The normalized spacial score (nSPS) is 20.5. The van der Waals surface area contributed by atoms with E-state index in [-0.39, 0.29) is 6.61 Å². The fourth-order valence-corrected chi connectivity index (χ4v) is 1.47. The highest BCUT2D eigenvalue weighted by Crippen LogP contribution is 2.03. The van der Waals surface area contributed by atoms with Crippen molar-refractivity contribution in [2.24, 2.45) is 0 Å². The van der Waals surface area contributed by atoms with Gasteiger partial charge in [-0.25, -0.2) is 0 Å². The highest BCUT2D eigenvalue weighted by molar-refractivity contribution is 4.94. The molecule has 0 radical (unpaired) electrons. The molecule has 1 N–H and O–H groups in total. The van der Waals surface area contributed by atoms with Gasteiger partial charge < -0.3 is 14.9 Å². The Morgan fingerprint density at radius 2 is 1.92 bits per heavy atom. The van der Waals surface area contributed by atoms with Crippen molar-refractivity contribution in [2.75, 3.05) is 46.4 Å². The molecule has 0 aromatic heterocycles. The van der Waals surface area contributed by atoms with Gasteiger partial charge in [0.1, 0.15) is 0 Å². The molecule has 3 nitrogen and oxygen atoms in total. The molecule has 76 valence electrons. The summed E-state index contributed by atoms with van der Waals surface area (Å²) in [4.78, 5) is 4.78. The summed E-state index contributed by atoms with van der Waals surface area (Å²) in [5.74, 6) is 0. The average Bonchev–Trinajstić information content (AvgIpc) is 2.16. The molecule has 0 aliphatic carbocycles. The van der Waals surface area contributed by atoms with E-state index in [4.69, 9.17) is 5.11 Å². The lowest BCUT2D eigenvalue weighted by Gasteiger charge is -2.32. The fourth-order valence-electron chi connectivity index (χ4n) is 1.47. The van der Waals surface area contributed by atoms with Crippen LogP contribution in [0.4, 0.5) is 0 Å². The Hall–Kier alpha value is -0.380. The summed E-state index contributed by atoms with van der Waals surface area (Å²) < 4.78 is 0. The predicted octanol–water partition coefficient (Wildman–Crippen LogP) is 0.172. The van der Waals surface area contributed by atoms with Crippen molar-refractivity contribution in [1.29, 1.82) is 0 Å². The van der Waals surface area contributed by atoms with Crippen molar-refractivity contribution in [1.82, 2.24) is 9.80 Å². The molecule has 0 atom stereocenters. The minimum Gasteiger partial charge on any atom is -0.392 e. The molecular weight excluding hydrogens is 164 g/mol. The van der Waals surface area contributed by atoms with E-state index in [0.29, 0.717) is 0 Å². The molecule has 1 aliphatic heterocycles. The van der Waals surface area contributed by atoms with Gasteiger partial charge in [-0.05, 0) is 13.5 Å². The molecular formula is C10H20N2O. The van der Waals surface area contributed by atoms with Gasteiger partial charge in [-0.3, -0.25) is 0 Å². The van der Waals surface area contributed by atoms with E-state index < -0.39 is 0 Å². The molecule has 1 rings (SSSR count). The van der Waals surface area contributed by atoms with E-state index in [9.17, 15) is 0 Å². The standard InChI is InChI=1S/C10H20N2O/c1-10(9-13)3-4-12-7-5-11(2)6-8-12/h13H,1,3-9H2,2H3. The van der Waals surface area contributed by atoms with Gasteiger partial charge in [0.25, 0.3) is 0 Å². The quantitative estimate of drug-likeness (QED) is 0.631. The molecule has 0 bridgehead atoms. The lowest BCUT2D eigenvalue weighted by molar-refractivity contribution is 0.154. The number of hydrogen-bond donors (Lipinski definition) is 1. The van der Waals surface area contributed by atoms with E-state index in [1.165, 1.54) is 0 Å². The molecule has 0 spiro atoms. The first-order valence-corrected chi connectivity index (χ1v) is 4.91. The van der Waals surface area contributed by atoms with Gasteiger partial charge in [-0.2, -0.15) is 0 Å². The summed E-state index contributed by atoms with van der Waals surface area (Å²) >= 11 is 0. The van der Waals surface area contributed by atoms with Crippen LogP contribution in [-0.4, -0.2) is 61.3 Å². The molecule has 0 unspecified atom stereocenters. The molecule has 13 heavy (non-hydrogen) atoms. The Balaban J connectivity index is 2.12. The Morgan fingerprint density at radius 1 is 1.31 bits per heavy atom. The summed E-state index contributed by atoms with van der Waals surface area (Å²) in [6, 6.07) is 0. The van der Waals surface area contributed by atoms with Crippen molar-refractivity contribution in [3.63, 3.8) is 0 Å². The second-order valence-corrected chi connectivity index (χ2v) is 3.80. The maximum Gasteiger partial charge on any atom is 0.0639 e. The van der Waals surface area contributed by atoms with Gasteiger partial charge in [0.05, 0.1) is 6.61 Å². The van der Waals surface area contributed by atoms with Gasteiger partial charge in [0.2, 0.25) is 0 Å². The molecule has 0 aromatic rings. The van der Waals surface area contributed by atoms with E-state index in [2.05, 4.69) is 23.4 Å². The zero-order valence-corrected chi connectivity index (χ0v) is 8.50. The maximum absolute atomic E-state index is 8.78. The predicted molar refractivity (Wildman–Crippen MR) is 54.8 cm³/mol. The Labute approximate surface area is 80.6 Å². The first-order chi connectivity index (χ1) is 6.22. The van der Waals surface area contributed by atoms with Crippen LogP contribution in [0.5, 0.6) is 0 Å². The maximum atomic E-state index is 8.78. The summed E-state index contributed by atoms with van der Waals surface area (Å²) in [5.41, 5.74) is 0.943. The van der Waals surface area contributed by atoms with Crippen LogP contribution in [0.2, 0.25) is 0 Å². The molecule has 1 fully saturated rings. The van der Waals surface area contributed by atoms with Crippen molar-refractivity contribution >= 4 is 0 Å². The van der Waals surface area contributed by atoms with Gasteiger partial charge in [0.15, 0.2) is 0 Å². The van der Waals surface area contributed by atoms with Crippen molar-refractivity contribution in [3.8, 4) is 0 Å². The van der Waals surface area contributed by atoms with Crippen LogP contribution in [0.15, 0.2) is 12.2 Å². The minimum atomic E-state index is 0.133. The van der Waals surface area contributed by atoms with Crippen LogP contribution < -0.4 is 0 Å². The van der Waals surface area contributed by atoms with E-state index in [1.807, 2.05) is 0 Å². The first-order valence-electron chi connectivity index (χ1n) is 4.91. The number of nitrogens with zero attached hydrogens (tertiary/aromatic N) is 2. The first kappa shape index (κ1) is 10.7. The number of likely N-dealkylation sites (N-methyl/N-ethyl adjacent to an activating group) is 1. The molecule has 1 aliphatic rings. The average molecular weight is 184 g/mol. The molecule has 3 heteroatoms. The Morgan fingerprint density at radius 3 is 2.46 bits per heavy atom. The number of aliphatic hydroxyl groups excluding tert-OH is 1. The third kappa shape index (κ3) is 3.89. The molecule has 1 heterocycles. The molecule has 0 amide bonds. The highest BCUT2D eigenvalue weighted by Gasteiger charge is 2.12. The van der Waals surface area contributed by atoms with Crippen molar-refractivity contribution in [3.05, 3.63) is 12.2 Å². The number of piperazine rings is 1. The van der Waals surface area contributed by atoms with Crippen molar-refractivity contribution < 1.29 is 5.11 Å². The third-order valence-electron chi connectivity index (χ3n) is 2.60. The third-order valence-corrected chi connectivity index (χ3v) is 2.60. The monoisotopic (exact) mass is 184 g/mol. The van der Waals surface area contributed by atoms with Crippen molar-refractivity contribution in [2.45, 2.75) is 6.42 Å². The minimum absolute atomic E-state index is 0.133. The Bertz CT molecular complexity index is 162. The van der Waals surface area contributed by atoms with Crippen LogP contribution in [-0.2, 0) is 0 Å². The summed E-state index contributed by atoms with van der Waals surface area (Å²) in [5, 5.41) is 8.78. The van der Waals surface area contributed by atoms with E-state index in [0.717, 1.165) is 44.7 Å². The number of hydrogen-bond acceptors (Lipinski definition) is 3. The Kier molecular flexibility index (Phi) is 4.42. The summed E-state index contributed by atoms with van der Waals surface area (Å²) in [6.07, 6.45) is 0.931. The van der Waals surface area contributed by atoms with Gasteiger partial charge in [-0.15, -0.1) is 0 Å². The zero-order chi connectivity index (χ0) is 9.68. The van der Waals surface area contributed by atoms with E-state index >= 15 is 0 Å². The fraction of sp³-hybridized carbons (Fsp3) is 0.800. The zero-order valence-electron chi connectivity index (χ0n) is 8.50. The van der Waals surface area contributed by atoms with Crippen LogP contribution in [0, 0.1) is 0 Å². The molecule has 0 aromatic carbocycles. The largest absolute Gasteiger partial charge is 0.392 e. The SMILES string of the molecule is C=C(CO)CCN1CCN(C)CC1. The number of aliphatic hydroxyl groups is 1. The van der Waals surface area contributed by atoms with Gasteiger partial charge in [-0.1, -0.05) is 12.2 Å². The van der Waals surface area contributed by atoms with Crippen LogP contribution in [0.25, 0.3) is 0 Å². The van der Waals surface area contributed by atoms with Gasteiger partial charge in [0, 0.05) is 32.7 Å².